The van der Waals surface area contributed by atoms with Crippen LogP contribution in [0.25, 0.3) is 0 Å². The fourth-order valence-electron chi connectivity index (χ4n) is 0.612. The average molecular weight is 231 g/mol. The summed E-state index contributed by atoms with van der Waals surface area (Å²) in [5.41, 5.74) is 0. The molecule has 0 aliphatic carbocycles. The van der Waals surface area contributed by atoms with Crippen molar-refractivity contribution in [3.05, 3.63) is 0 Å². The largest absolute Gasteiger partial charge is 0.396 e. The van der Waals surface area contributed by atoms with Crippen molar-refractivity contribution in [2.75, 3.05) is 11.9 Å². The highest BCUT2D eigenvalue weighted by Gasteiger charge is 2.12. The highest BCUT2D eigenvalue weighted by molar-refractivity contribution is 9.09. The lowest BCUT2D eigenvalue weighted by atomic mass is 10.2. The minimum absolute atomic E-state index is 0.0238. The maximum Gasteiger partial charge on any atom is 0.156 e. The molecule has 0 saturated heterocycles. The van der Waals surface area contributed by atoms with E-state index in [0.717, 1.165) is 0 Å². The third kappa shape index (κ3) is 4.38. The average Bonchev–Trinajstić information content (AvgIpc) is 1.87. The first-order valence-electron chi connectivity index (χ1n) is 2.98. The molecule has 0 aromatic rings. The van der Waals surface area contributed by atoms with Crippen LogP contribution in [-0.4, -0.2) is 31.1 Å². The summed E-state index contributed by atoms with van der Waals surface area (Å²) >= 11 is 1.37. The molecule has 0 saturated carbocycles. The van der Waals surface area contributed by atoms with Crippen molar-refractivity contribution in [1.29, 1.82) is 0 Å². The lowest BCUT2D eigenvalue weighted by Gasteiger charge is -2.07. The fourth-order valence-corrected chi connectivity index (χ4v) is 2.09. The molecule has 5 heteroatoms. The smallest absolute Gasteiger partial charge is 0.156 e. The highest BCUT2D eigenvalue weighted by Crippen LogP contribution is 2.06. The highest BCUT2D eigenvalue weighted by atomic mass is 79.9. The van der Waals surface area contributed by atoms with Crippen molar-refractivity contribution in [3.8, 4) is 0 Å². The van der Waals surface area contributed by atoms with Crippen molar-refractivity contribution >= 4 is 27.0 Å². The van der Waals surface area contributed by atoms with Crippen LogP contribution in [0, 0.1) is 0 Å². The molecule has 0 aliphatic heterocycles. The lowest BCUT2D eigenvalue weighted by molar-refractivity contribution is 0.284. The van der Waals surface area contributed by atoms with Crippen molar-refractivity contribution < 1.29 is 13.9 Å². The number of hydrogen-bond donors (Lipinski definition) is 2. The summed E-state index contributed by atoms with van der Waals surface area (Å²) in [6, 6.07) is 0. The van der Waals surface area contributed by atoms with Crippen LogP contribution in [0.5, 0.6) is 0 Å². The van der Waals surface area contributed by atoms with E-state index >= 15 is 0 Å². The van der Waals surface area contributed by atoms with Gasteiger partial charge in [-0.1, -0.05) is 15.9 Å². The van der Waals surface area contributed by atoms with Gasteiger partial charge in [-0.25, -0.2) is 4.21 Å². The van der Waals surface area contributed by atoms with Crippen LogP contribution >= 0.6 is 15.9 Å². The van der Waals surface area contributed by atoms with E-state index in [1.54, 1.807) is 0 Å². The van der Waals surface area contributed by atoms with Gasteiger partial charge in [0.1, 0.15) is 0 Å². The molecular formula is C5H11BrO3S. The van der Waals surface area contributed by atoms with E-state index in [9.17, 15) is 4.21 Å². The number of rotatable bonds is 5. The third-order valence-corrected chi connectivity index (χ3v) is 2.67. The van der Waals surface area contributed by atoms with Crippen LogP contribution < -0.4 is 0 Å². The van der Waals surface area contributed by atoms with Gasteiger partial charge in [-0.05, 0) is 12.8 Å². The normalized spacial score (nSPS) is 16.7. The predicted octanol–water partition coefficient (Wildman–Crippen LogP) is 0.744. The Balaban J connectivity index is 3.61. The molecule has 0 amide bonds. The summed E-state index contributed by atoms with van der Waals surface area (Å²) in [5.74, 6) is 0. The maximum atomic E-state index is 10.5. The van der Waals surface area contributed by atoms with Gasteiger partial charge in [0, 0.05) is 11.9 Å². The van der Waals surface area contributed by atoms with Gasteiger partial charge in [0.05, 0.1) is 5.25 Å². The third-order valence-electron chi connectivity index (χ3n) is 1.17. The topological polar surface area (TPSA) is 57.5 Å². The van der Waals surface area contributed by atoms with E-state index in [1.807, 2.05) is 0 Å². The zero-order valence-electron chi connectivity index (χ0n) is 5.49. The Labute approximate surface area is 71.2 Å². The Morgan fingerprint density at radius 1 is 1.50 bits per heavy atom. The number of aliphatic hydroxyl groups is 1. The molecule has 2 N–H and O–H groups in total. The van der Waals surface area contributed by atoms with Crippen LogP contribution in [0.15, 0.2) is 0 Å². The van der Waals surface area contributed by atoms with Gasteiger partial charge in [0.25, 0.3) is 0 Å². The van der Waals surface area contributed by atoms with Gasteiger partial charge in [0.15, 0.2) is 11.1 Å². The van der Waals surface area contributed by atoms with E-state index in [1.165, 1.54) is 0 Å². The lowest BCUT2D eigenvalue weighted by Crippen LogP contribution is -2.16. The molecule has 2 atom stereocenters. The van der Waals surface area contributed by atoms with Gasteiger partial charge in [-0.2, -0.15) is 0 Å². The van der Waals surface area contributed by atoms with E-state index in [2.05, 4.69) is 15.9 Å². The monoisotopic (exact) mass is 230 g/mol. The minimum atomic E-state index is -1.79. The zero-order chi connectivity index (χ0) is 7.98. The first-order valence-corrected chi connectivity index (χ1v) is 5.28. The second-order valence-corrected chi connectivity index (χ2v) is 3.90. The first kappa shape index (κ1) is 10.6. The summed E-state index contributed by atoms with van der Waals surface area (Å²) in [6.45, 7) is -0.0238. The van der Waals surface area contributed by atoms with Gasteiger partial charge < -0.3 is 9.66 Å². The minimum Gasteiger partial charge on any atom is -0.396 e. The van der Waals surface area contributed by atoms with Crippen molar-refractivity contribution in [3.63, 3.8) is 0 Å². The molecule has 62 valence electrons. The second kappa shape index (κ2) is 6.27. The fraction of sp³-hybridized carbons (Fsp3) is 1.00. The van der Waals surface area contributed by atoms with E-state index in [0.29, 0.717) is 18.2 Å². The molecule has 0 aromatic carbocycles. The van der Waals surface area contributed by atoms with Crippen LogP contribution in [-0.2, 0) is 11.1 Å². The van der Waals surface area contributed by atoms with E-state index in [-0.39, 0.29) is 11.9 Å². The van der Waals surface area contributed by atoms with Crippen molar-refractivity contribution in [1.82, 2.24) is 0 Å². The molecule has 0 aromatic heterocycles. The van der Waals surface area contributed by atoms with Crippen LogP contribution in [0.3, 0.4) is 0 Å². The Hall–Kier alpha value is 0.550. The predicted molar refractivity (Wildman–Crippen MR) is 44.7 cm³/mol. The molecule has 0 rings (SSSR count). The van der Waals surface area contributed by atoms with E-state index in [4.69, 9.17) is 9.66 Å². The molecule has 0 spiro atoms. The zero-order valence-corrected chi connectivity index (χ0v) is 7.90. The summed E-state index contributed by atoms with van der Waals surface area (Å²) in [6.07, 6.45) is 1.03. The second-order valence-electron chi connectivity index (χ2n) is 1.89. The van der Waals surface area contributed by atoms with Crippen molar-refractivity contribution in [2.45, 2.75) is 18.1 Å². The summed E-state index contributed by atoms with van der Waals surface area (Å²) in [5, 5.41) is 8.86. The molecule has 3 nitrogen and oxygen atoms in total. The Morgan fingerprint density at radius 2 is 2.10 bits per heavy atom. The molecule has 0 heterocycles. The van der Waals surface area contributed by atoms with Crippen LogP contribution in [0.1, 0.15) is 12.8 Å². The van der Waals surface area contributed by atoms with Gasteiger partial charge >= 0.3 is 0 Å². The molecule has 0 aliphatic rings. The summed E-state index contributed by atoms with van der Waals surface area (Å²) < 4.78 is 19.1. The molecule has 0 radical (unpaired) electrons. The van der Waals surface area contributed by atoms with Crippen molar-refractivity contribution in [2.24, 2.45) is 0 Å². The molecule has 0 bridgehead atoms. The number of hydrogen-bond acceptors (Lipinski definition) is 2. The van der Waals surface area contributed by atoms with Crippen LogP contribution in [0.4, 0.5) is 0 Å². The Kier molecular flexibility index (Phi) is 6.62. The van der Waals surface area contributed by atoms with Gasteiger partial charge in [-0.3, -0.25) is 0 Å². The SMILES string of the molecule is O=S(O)C(CCO)CCBr. The summed E-state index contributed by atoms with van der Waals surface area (Å²) in [7, 11) is 0. The van der Waals surface area contributed by atoms with Crippen LogP contribution in [0.2, 0.25) is 0 Å². The molecular weight excluding hydrogens is 220 g/mol. The first-order chi connectivity index (χ1) is 4.72. The molecule has 2 unspecified atom stereocenters. The van der Waals surface area contributed by atoms with E-state index < -0.39 is 11.1 Å². The molecule has 10 heavy (non-hydrogen) atoms. The van der Waals surface area contributed by atoms with Gasteiger partial charge in [0.2, 0.25) is 0 Å². The maximum absolute atomic E-state index is 10.5. The summed E-state index contributed by atoms with van der Waals surface area (Å²) in [4.78, 5) is 0. The number of aliphatic hydroxyl groups excluding tert-OH is 1. The Morgan fingerprint density at radius 3 is 2.40 bits per heavy atom. The van der Waals surface area contributed by atoms with Gasteiger partial charge in [-0.15, -0.1) is 0 Å². The number of halogens is 1. The number of alkyl halides is 1. The molecule has 0 fully saturated rings. The standard InChI is InChI=1S/C5H11BrO3S/c6-3-1-5(2-4-7)10(8)9/h5,7H,1-4H2,(H,8,9). The Bertz CT molecular complexity index is 103. The quantitative estimate of drug-likeness (QED) is 0.542.